The van der Waals surface area contributed by atoms with Crippen LogP contribution in [0.1, 0.15) is 36.8 Å². The minimum atomic E-state index is 0.578. The molecule has 2 rings (SSSR count). The van der Waals surface area contributed by atoms with Crippen LogP contribution in [0.25, 0.3) is 0 Å². The smallest absolute Gasteiger partial charge is 0.00472 e. The molecule has 1 saturated heterocycles. The summed E-state index contributed by atoms with van der Waals surface area (Å²) < 4.78 is 0. The molecule has 0 radical (unpaired) electrons. The molecule has 0 saturated carbocycles. The van der Waals surface area contributed by atoms with E-state index in [9.17, 15) is 0 Å². The van der Waals surface area contributed by atoms with Gasteiger partial charge in [-0.3, -0.25) is 0 Å². The Balaban J connectivity index is 2.06. The van der Waals surface area contributed by atoms with Crippen molar-refractivity contribution in [2.45, 2.75) is 32.1 Å². The van der Waals surface area contributed by atoms with E-state index in [1.807, 2.05) is 0 Å². The van der Waals surface area contributed by atoms with Gasteiger partial charge in [-0.1, -0.05) is 31.2 Å². The highest BCUT2D eigenvalue weighted by Crippen LogP contribution is 2.27. The first-order valence-electron chi connectivity index (χ1n) is 7.16. The Kier molecular flexibility index (Phi) is 4.79. The average molecular weight is 246 g/mol. The standard InChI is InChI=1S/C16H26N2/c1-13(11-17)9-14-5-3-6-15(10-14)16-7-4-8-18(2)12-16/h3,5-6,10,13,16H,4,7-9,11-12,17H2,1-2H3. The molecule has 0 bridgehead atoms. The SMILES string of the molecule is CC(CN)Cc1cccc(C2CCCN(C)C2)c1. The normalized spacial score (nSPS) is 22.9. The summed E-state index contributed by atoms with van der Waals surface area (Å²) in [5.74, 6) is 1.30. The molecule has 2 N–H and O–H groups in total. The summed E-state index contributed by atoms with van der Waals surface area (Å²) in [6, 6.07) is 9.14. The van der Waals surface area contributed by atoms with Crippen LogP contribution in [-0.2, 0) is 6.42 Å². The number of nitrogens with two attached hydrogens (primary N) is 1. The average Bonchev–Trinajstić information content (AvgIpc) is 2.39. The predicted octanol–water partition coefficient (Wildman–Crippen LogP) is 2.63. The second-order valence-electron chi connectivity index (χ2n) is 5.89. The molecule has 2 atom stereocenters. The maximum Gasteiger partial charge on any atom is 0.00472 e. The van der Waals surface area contributed by atoms with Crippen molar-refractivity contribution in [3.05, 3.63) is 35.4 Å². The van der Waals surface area contributed by atoms with E-state index < -0.39 is 0 Å². The number of piperidine rings is 1. The van der Waals surface area contributed by atoms with E-state index in [-0.39, 0.29) is 0 Å². The lowest BCUT2D eigenvalue weighted by atomic mass is 9.89. The Morgan fingerprint density at radius 2 is 2.28 bits per heavy atom. The van der Waals surface area contributed by atoms with Gasteiger partial charge in [0.2, 0.25) is 0 Å². The van der Waals surface area contributed by atoms with Crippen LogP contribution in [0.5, 0.6) is 0 Å². The van der Waals surface area contributed by atoms with Crippen LogP contribution in [0, 0.1) is 5.92 Å². The number of likely N-dealkylation sites (tertiary alicyclic amines) is 1. The van der Waals surface area contributed by atoms with Gasteiger partial charge in [0.15, 0.2) is 0 Å². The third kappa shape index (κ3) is 3.56. The van der Waals surface area contributed by atoms with Crippen molar-refractivity contribution in [2.24, 2.45) is 11.7 Å². The van der Waals surface area contributed by atoms with Crippen LogP contribution in [0.15, 0.2) is 24.3 Å². The van der Waals surface area contributed by atoms with Crippen molar-refractivity contribution in [1.29, 1.82) is 0 Å². The lowest BCUT2D eigenvalue weighted by molar-refractivity contribution is 0.251. The number of nitrogens with zero attached hydrogens (tertiary/aromatic N) is 1. The molecule has 2 heteroatoms. The van der Waals surface area contributed by atoms with E-state index in [0.717, 1.165) is 18.9 Å². The molecule has 1 aliphatic heterocycles. The molecular formula is C16H26N2. The molecule has 2 unspecified atom stereocenters. The van der Waals surface area contributed by atoms with Crippen LogP contribution < -0.4 is 5.73 Å². The van der Waals surface area contributed by atoms with Crippen LogP contribution >= 0.6 is 0 Å². The van der Waals surface area contributed by atoms with Gasteiger partial charge in [-0.25, -0.2) is 0 Å². The van der Waals surface area contributed by atoms with Gasteiger partial charge in [-0.2, -0.15) is 0 Å². The van der Waals surface area contributed by atoms with Gasteiger partial charge in [-0.05, 0) is 62.4 Å². The number of benzene rings is 1. The Bertz CT molecular complexity index is 375. The van der Waals surface area contributed by atoms with Gasteiger partial charge < -0.3 is 10.6 Å². The quantitative estimate of drug-likeness (QED) is 0.885. The lowest BCUT2D eigenvalue weighted by Crippen LogP contribution is -2.30. The molecule has 2 nitrogen and oxygen atoms in total. The summed E-state index contributed by atoms with van der Waals surface area (Å²) in [7, 11) is 2.23. The summed E-state index contributed by atoms with van der Waals surface area (Å²) in [6.45, 7) is 5.45. The van der Waals surface area contributed by atoms with E-state index in [1.165, 1.54) is 37.1 Å². The predicted molar refractivity (Wildman–Crippen MR) is 77.8 cm³/mol. The third-order valence-corrected chi connectivity index (χ3v) is 4.03. The minimum absolute atomic E-state index is 0.578. The minimum Gasteiger partial charge on any atom is -0.330 e. The van der Waals surface area contributed by atoms with Gasteiger partial charge in [-0.15, -0.1) is 0 Å². The molecule has 0 aliphatic carbocycles. The Hall–Kier alpha value is -0.860. The van der Waals surface area contributed by atoms with Crippen LogP contribution in [0.4, 0.5) is 0 Å². The molecule has 100 valence electrons. The number of likely N-dealkylation sites (N-methyl/N-ethyl adjacent to an activating group) is 1. The molecule has 0 aromatic heterocycles. The molecule has 1 heterocycles. The molecule has 1 aromatic carbocycles. The molecule has 18 heavy (non-hydrogen) atoms. The Morgan fingerprint density at radius 1 is 1.44 bits per heavy atom. The Morgan fingerprint density at radius 3 is 3.00 bits per heavy atom. The second kappa shape index (κ2) is 6.35. The molecule has 0 amide bonds. The Labute approximate surface area is 111 Å². The first-order chi connectivity index (χ1) is 8.69. The molecule has 1 aromatic rings. The summed E-state index contributed by atoms with van der Waals surface area (Å²) in [5.41, 5.74) is 8.67. The van der Waals surface area contributed by atoms with Gasteiger partial charge >= 0.3 is 0 Å². The summed E-state index contributed by atoms with van der Waals surface area (Å²) >= 11 is 0. The molecule has 1 fully saturated rings. The number of hydrogen-bond donors (Lipinski definition) is 1. The fourth-order valence-electron chi connectivity index (χ4n) is 2.90. The van der Waals surface area contributed by atoms with Gasteiger partial charge in [0.25, 0.3) is 0 Å². The molecular weight excluding hydrogens is 220 g/mol. The highest BCUT2D eigenvalue weighted by Gasteiger charge is 2.18. The maximum absolute atomic E-state index is 5.71. The zero-order chi connectivity index (χ0) is 13.0. The largest absolute Gasteiger partial charge is 0.330 e. The molecule has 0 spiro atoms. The highest BCUT2D eigenvalue weighted by molar-refractivity contribution is 5.27. The van der Waals surface area contributed by atoms with E-state index in [1.54, 1.807) is 0 Å². The zero-order valence-corrected chi connectivity index (χ0v) is 11.7. The summed E-state index contributed by atoms with van der Waals surface area (Å²) in [6.07, 6.45) is 3.76. The van der Waals surface area contributed by atoms with E-state index in [0.29, 0.717) is 5.92 Å². The van der Waals surface area contributed by atoms with Crippen molar-refractivity contribution >= 4 is 0 Å². The number of rotatable bonds is 4. The second-order valence-corrected chi connectivity index (χ2v) is 5.89. The van der Waals surface area contributed by atoms with Crippen molar-refractivity contribution < 1.29 is 0 Å². The van der Waals surface area contributed by atoms with Crippen LogP contribution in [0.2, 0.25) is 0 Å². The topological polar surface area (TPSA) is 29.3 Å². The van der Waals surface area contributed by atoms with E-state index in [4.69, 9.17) is 5.73 Å². The number of hydrogen-bond acceptors (Lipinski definition) is 2. The first kappa shape index (κ1) is 13.6. The maximum atomic E-state index is 5.71. The van der Waals surface area contributed by atoms with Crippen molar-refractivity contribution in [2.75, 3.05) is 26.7 Å². The summed E-state index contributed by atoms with van der Waals surface area (Å²) in [5, 5.41) is 0. The fraction of sp³-hybridized carbons (Fsp3) is 0.625. The lowest BCUT2D eigenvalue weighted by Gasteiger charge is -2.30. The summed E-state index contributed by atoms with van der Waals surface area (Å²) in [4.78, 5) is 2.45. The third-order valence-electron chi connectivity index (χ3n) is 4.03. The fourth-order valence-corrected chi connectivity index (χ4v) is 2.90. The zero-order valence-electron chi connectivity index (χ0n) is 11.7. The highest BCUT2D eigenvalue weighted by atomic mass is 15.1. The van der Waals surface area contributed by atoms with Crippen molar-refractivity contribution in [3.8, 4) is 0 Å². The monoisotopic (exact) mass is 246 g/mol. The van der Waals surface area contributed by atoms with Gasteiger partial charge in [0, 0.05) is 6.54 Å². The first-order valence-corrected chi connectivity index (χ1v) is 7.16. The van der Waals surface area contributed by atoms with Crippen molar-refractivity contribution in [3.63, 3.8) is 0 Å². The van der Waals surface area contributed by atoms with Crippen LogP contribution in [-0.4, -0.2) is 31.6 Å². The van der Waals surface area contributed by atoms with Gasteiger partial charge in [0.05, 0.1) is 0 Å². The van der Waals surface area contributed by atoms with E-state index in [2.05, 4.69) is 43.1 Å². The van der Waals surface area contributed by atoms with Crippen molar-refractivity contribution in [1.82, 2.24) is 4.90 Å². The van der Waals surface area contributed by atoms with Gasteiger partial charge in [0.1, 0.15) is 0 Å². The van der Waals surface area contributed by atoms with E-state index >= 15 is 0 Å². The molecule has 1 aliphatic rings. The van der Waals surface area contributed by atoms with Crippen LogP contribution in [0.3, 0.4) is 0 Å².